The van der Waals surface area contributed by atoms with Crippen LogP contribution in [0.15, 0.2) is 30.3 Å². The topological polar surface area (TPSA) is 68.0 Å². The van der Waals surface area contributed by atoms with Gasteiger partial charge in [0.05, 0.1) is 0 Å². The van der Waals surface area contributed by atoms with Gasteiger partial charge in [0.15, 0.2) is 0 Å². The minimum Gasteiger partial charge on any atom is -0.383 e. The number of hydrogen-bond donors (Lipinski definition) is 2. The molecular weight excluding hydrogens is 238 g/mol. The van der Waals surface area contributed by atoms with E-state index < -0.39 is 0 Å². The molecule has 0 aliphatic carbocycles. The van der Waals surface area contributed by atoms with Crippen LogP contribution in [0.5, 0.6) is 0 Å². The fourth-order valence-electron chi connectivity index (χ4n) is 1.79. The molecule has 1 heterocycles. The lowest BCUT2D eigenvalue weighted by Gasteiger charge is -2.17. The Bertz CT molecular complexity index is 607. The second-order valence-electron chi connectivity index (χ2n) is 5.12. The van der Waals surface area contributed by atoms with E-state index in [9.17, 15) is 4.79 Å². The lowest BCUT2D eigenvalue weighted by Crippen LogP contribution is -2.36. The Morgan fingerprint density at radius 3 is 2.63 bits per heavy atom. The van der Waals surface area contributed by atoms with Gasteiger partial charge in [-0.25, -0.2) is 4.98 Å². The third-order valence-corrected chi connectivity index (χ3v) is 3.36. The van der Waals surface area contributed by atoms with Crippen LogP contribution < -0.4 is 11.1 Å². The quantitative estimate of drug-likeness (QED) is 0.888. The highest BCUT2D eigenvalue weighted by Gasteiger charge is 2.15. The third kappa shape index (κ3) is 2.84. The van der Waals surface area contributed by atoms with Crippen LogP contribution in [0.2, 0.25) is 0 Å². The van der Waals surface area contributed by atoms with Gasteiger partial charge in [0.25, 0.3) is 5.91 Å². The maximum absolute atomic E-state index is 12.1. The number of amides is 1. The van der Waals surface area contributed by atoms with Crippen molar-refractivity contribution in [3.05, 3.63) is 36.0 Å². The minimum atomic E-state index is -0.182. The smallest absolute Gasteiger partial charge is 0.270 e. The Balaban J connectivity index is 2.33. The number of nitrogens with zero attached hydrogens (tertiary/aromatic N) is 1. The third-order valence-electron chi connectivity index (χ3n) is 3.36. The molecular formula is C15H19N3O. The minimum absolute atomic E-state index is 0.0991. The van der Waals surface area contributed by atoms with Gasteiger partial charge in [-0.2, -0.15) is 0 Å². The number of nitrogens with one attached hydrogen (secondary N) is 1. The van der Waals surface area contributed by atoms with Gasteiger partial charge in [0.2, 0.25) is 0 Å². The van der Waals surface area contributed by atoms with E-state index in [0.717, 1.165) is 10.8 Å². The summed E-state index contributed by atoms with van der Waals surface area (Å²) in [5, 5.41) is 4.73. The molecule has 0 bridgehead atoms. The second kappa shape index (κ2) is 5.26. The van der Waals surface area contributed by atoms with Crippen molar-refractivity contribution < 1.29 is 4.79 Å². The van der Waals surface area contributed by atoms with Gasteiger partial charge in [-0.15, -0.1) is 0 Å². The summed E-state index contributed by atoms with van der Waals surface area (Å²) in [6.07, 6.45) is 0. The highest BCUT2D eigenvalue weighted by atomic mass is 16.1. The standard InChI is InChI=1S/C15H19N3O/c1-9(2)10(3)17-15(19)13-8-11-6-4-5-7-12(11)14(16)18-13/h4-10H,1-3H3,(H2,16,18)(H,17,19). The van der Waals surface area contributed by atoms with Gasteiger partial charge in [-0.3, -0.25) is 4.79 Å². The SMILES string of the molecule is CC(C)C(C)NC(=O)c1cc2ccccc2c(N)n1. The second-order valence-corrected chi connectivity index (χ2v) is 5.12. The van der Waals surface area contributed by atoms with Gasteiger partial charge in [0, 0.05) is 11.4 Å². The molecule has 0 spiro atoms. The Hall–Kier alpha value is -2.10. The summed E-state index contributed by atoms with van der Waals surface area (Å²) < 4.78 is 0. The van der Waals surface area contributed by atoms with Gasteiger partial charge in [-0.05, 0) is 24.3 Å². The van der Waals surface area contributed by atoms with Gasteiger partial charge in [-0.1, -0.05) is 38.1 Å². The fraction of sp³-hybridized carbons (Fsp3) is 0.333. The summed E-state index contributed by atoms with van der Waals surface area (Å²) in [6.45, 7) is 6.10. The van der Waals surface area contributed by atoms with Crippen molar-refractivity contribution in [3.63, 3.8) is 0 Å². The van der Waals surface area contributed by atoms with Crippen LogP contribution in [-0.4, -0.2) is 16.9 Å². The van der Waals surface area contributed by atoms with E-state index in [4.69, 9.17) is 5.73 Å². The first-order chi connectivity index (χ1) is 8.99. The molecule has 3 N–H and O–H groups in total. The molecule has 1 amide bonds. The summed E-state index contributed by atoms with van der Waals surface area (Å²) in [6, 6.07) is 9.52. The normalized spacial score (nSPS) is 12.6. The molecule has 0 saturated carbocycles. The molecule has 2 rings (SSSR count). The zero-order chi connectivity index (χ0) is 14.0. The molecule has 4 nitrogen and oxygen atoms in total. The van der Waals surface area contributed by atoms with Crippen LogP contribution in [0.1, 0.15) is 31.3 Å². The van der Waals surface area contributed by atoms with Crippen molar-refractivity contribution >= 4 is 22.5 Å². The number of fused-ring (bicyclic) bond motifs is 1. The molecule has 0 saturated heterocycles. The Morgan fingerprint density at radius 2 is 1.95 bits per heavy atom. The van der Waals surface area contributed by atoms with Crippen molar-refractivity contribution in [1.82, 2.24) is 10.3 Å². The number of rotatable bonds is 3. The van der Waals surface area contributed by atoms with E-state index in [-0.39, 0.29) is 11.9 Å². The molecule has 1 aromatic carbocycles. The van der Waals surface area contributed by atoms with Gasteiger partial charge >= 0.3 is 0 Å². The Kier molecular flexibility index (Phi) is 3.69. The average molecular weight is 257 g/mol. The Morgan fingerprint density at radius 1 is 1.26 bits per heavy atom. The highest BCUT2D eigenvalue weighted by molar-refractivity contribution is 5.99. The van der Waals surface area contributed by atoms with E-state index in [0.29, 0.717) is 17.4 Å². The van der Waals surface area contributed by atoms with Crippen LogP contribution in [0.25, 0.3) is 10.8 Å². The molecule has 1 atom stereocenters. The zero-order valence-electron chi connectivity index (χ0n) is 11.5. The van der Waals surface area contributed by atoms with Crippen molar-refractivity contribution in [2.45, 2.75) is 26.8 Å². The van der Waals surface area contributed by atoms with E-state index in [2.05, 4.69) is 24.1 Å². The number of hydrogen-bond acceptors (Lipinski definition) is 3. The van der Waals surface area contributed by atoms with Crippen LogP contribution in [0.4, 0.5) is 5.82 Å². The predicted octanol–water partition coefficient (Wildman–Crippen LogP) is 2.59. The van der Waals surface area contributed by atoms with E-state index >= 15 is 0 Å². The van der Waals surface area contributed by atoms with E-state index in [1.165, 1.54) is 0 Å². The molecule has 1 unspecified atom stereocenters. The summed E-state index contributed by atoms with van der Waals surface area (Å²) in [5.74, 6) is 0.584. The lowest BCUT2D eigenvalue weighted by atomic mass is 10.1. The van der Waals surface area contributed by atoms with E-state index in [1.807, 2.05) is 31.2 Å². The molecule has 0 aliphatic heterocycles. The van der Waals surface area contributed by atoms with Crippen molar-refractivity contribution in [3.8, 4) is 0 Å². The summed E-state index contributed by atoms with van der Waals surface area (Å²) in [4.78, 5) is 16.3. The molecule has 0 fully saturated rings. The number of anilines is 1. The summed E-state index contributed by atoms with van der Waals surface area (Å²) in [7, 11) is 0. The molecule has 100 valence electrons. The van der Waals surface area contributed by atoms with Gasteiger partial charge < -0.3 is 11.1 Å². The van der Waals surface area contributed by atoms with Crippen LogP contribution in [0.3, 0.4) is 0 Å². The molecule has 1 aromatic heterocycles. The fourth-order valence-corrected chi connectivity index (χ4v) is 1.79. The lowest BCUT2D eigenvalue weighted by molar-refractivity contribution is 0.0926. The first kappa shape index (κ1) is 13.3. The average Bonchev–Trinajstić information content (AvgIpc) is 2.38. The summed E-state index contributed by atoms with van der Waals surface area (Å²) in [5.41, 5.74) is 6.26. The Labute approximate surface area is 113 Å². The first-order valence-corrected chi connectivity index (χ1v) is 6.45. The molecule has 0 aliphatic rings. The monoisotopic (exact) mass is 257 g/mol. The van der Waals surface area contributed by atoms with Crippen molar-refractivity contribution in [1.29, 1.82) is 0 Å². The number of aromatic nitrogens is 1. The number of benzene rings is 1. The maximum atomic E-state index is 12.1. The number of nitrogens with two attached hydrogens (primary N) is 1. The predicted molar refractivity (Wildman–Crippen MR) is 77.9 cm³/mol. The molecule has 0 radical (unpaired) electrons. The molecule has 4 heteroatoms. The highest BCUT2D eigenvalue weighted by Crippen LogP contribution is 2.20. The number of nitrogen functional groups attached to an aromatic ring is 1. The molecule has 19 heavy (non-hydrogen) atoms. The van der Waals surface area contributed by atoms with Crippen LogP contribution in [-0.2, 0) is 0 Å². The van der Waals surface area contributed by atoms with Crippen molar-refractivity contribution in [2.24, 2.45) is 5.92 Å². The van der Waals surface area contributed by atoms with E-state index in [1.54, 1.807) is 6.07 Å². The summed E-state index contributed by atoms with van der Waals surface area (Å²) >= 11 is 0. The van der Waals surface area contributed by atoms with Gasteiger partial charge in [0.1, 0.15) is 11.5 Å². The van der Waals surface area contributed by atoms with Crippen LogP contribution in [0, 0.1) is 5.92 Å². The first-order valence-electron chi connectivity index (χ1n) is 6.45. The molecule has 2 aromatic rings. The zero-order valence-corrected chi connectivity index (χ0v) is 11.5. The maximum Gasteiger partial charge on any atom is 0.270 e. The van der Waals surface area contributed by atoms with Crippen molar-refractivity contribution in [2.75, 3.05) is 5.73 Å². The number of carbonyl (C=O) groups excluding carboxylic acids is 1. The number of carbonyl (C=O) groups is 1. The van der Waals surface area contributed by atoms with Crippen LogP contribution >= 0.6 is 0 Å². The number of pyridine rings is 1. The largest absolute Gasteiger partial charge is 0.383 e.